The molecule has 1 aromatic heterocycles. The van der Waals surface area contributed by atoms with Gasteiger partial charge in [0, 0.05) is 0 Å². The van der Waals surface area contributed by atoms with Gasteiger partial charge in [0.15, 0.2) is 0 Å². The van der Waals surface area contributed by atoms with Crippen molar-refractivity contribution in [3.8, 4) is 0 Å². The third-order valence-electron chi connectivity index (χ3n) is 2.27. The van der Waals surface area contributed by atoms with Crippen molar-refractivity contribution >= 4 is 17.4 Å². The topological polar surface area (TPSA) is 75.1 Å². The summed E-state index contributed by atoms with van der Waals surface area (Å²) in [5.74, 6) is -0.275. The van der Waals surface area contributed by atoms with Crippen LogP contribution in [0.4, 0.5) is 0 Å². The SMILES string of the molecule is O=C(N[C@@H](CO)c1ccccc1)c1cnns1. The summed E-state index contributed by atoms with van der Waals surface area (Å²) in [5.41, 5.74) is 0.862. The number of nitrogens with zero attached hydrogens (tertiary/aromatic N) is 2. The summed E-state index contributed by atoms with van der Waals surface area (Å²) < 4.78 is 3.62. The molecular formula is C11H11N3O2S. The Morgan fingerprint density at radius 2 is 2.18 bits per heavy atom. The van der Waals surface area contributed by atoms with Gasteiger partial charge in [-0.1, -0.05) is 34.8 Å². The molecule has 0 bridgehead atoms. The molecule has 17 heavy (non-hydrogen) atoms. The number of carbonyl (C=O) groups is 1. The molecule has 0 aliphatic heterocycles. The molecule has 5 nitrogen and oxygen atoms in total. The zero-order chi connectivity index (χ0) is 12.1. The van der Waals surface area contributed by atoms with Gasteiger partial charge in [-0.2, -0.15) is 0 Å². The van der Waals surface area contributed by atoms with Gasteiger partial charge in [0.25, 0.3) is 5.91 Å². The number of hydrogen-bond acceptors (Lipinski definition) is 5. The van der Waals surface area contributed by atoms with Crippen LogP contribution in [0, 0.1) is 0 Å². The Labute approximate surface area is 102 Å². The molecule has 0 spiro atoms. The van der Waals surface area contributed by atoms with Crippen molar-refractivity contribution in [1.29, 1.82) is 0 Å². The first kappa shape index (κ1) is 11.7. The Morgan fingerprint density at radius 1 is 1.41 bits per heavy atom. The number of nitrogens with one attached hydrogen (secondary N) is 1. The van der Waals surface area contributed by atoms with Crippen LogP contribution < -0.4 is 5.32 Å². The maximum atomic E-state index is 11.8. The Balaban J connectivity index is 2.09. The van der Waals surface area contributed by atoms with Crippen LogP contribution in [0.2, 0.25) is 0 Å². The molecule has 0 unspecified atom stereocenters. The van der Waals surface area contributed by atoms with Gasteiger partial charge in [0.2, 0.25) is 0 Å². The maximum Gasteiger partial charge on any atom is 0.265 e. The number of aromatic nitrogens is 2. The highest BCUT2D eigenvalue weighted by atomic mass is 32.1. The number of amides is 1. The first-order valence-corrected chi connectivity index (χ1v) is 5.82. The first-order valence-electron chi connectivity index (χ1n) is 5.05. The van der Waals surface area contributed by atoms with E-state index >= 15 is 0 Å². The minimum absolute atomic E-state index is 0.151. The second-order valence-electron chi connectivity index (χ2n) is 3.40. The fourth-order valence-electron chi connectivity index (χ4n) is 1.42. The van der Waals surface area contributed by atoms with Gasteiger partial charge < -0.3 is 10.4 Å². The largest absolute Gasteiger partial charge is 0.394 e. The van der Waals surface area contributed by atoms with E-state index in [4.69, 9.17) is 0 Å². The van der Waals surface area contributed by atoms with Crippen LogP contribution >= 0.6 is 11.5 Å². The molecule has 1 amide bonds. The van der Waals surface area contributed by atoms with E-state index in [0.717, 1.165) is 17.1 Å². The molecule has 2 N–H and O–H groups in total. The van der Waals surface area contributed by atoms with Crippen LogP contribution in [0.15, 0.2) is 36.5 Å². The van der Waals surface area contributed by atoms with Crippen LogP contribution in [0.25, 0.3) is 0 Å². The summed E-state index contributed by atoms with van der Waals surface area (Å²) in [7, 11) is 0. The summed E-state index contributed by atoms with van der Waals surface area (Å²) in [4.78, 5) is 12.2. The molecule has 0 radical (unpaired) electrons. The number of hydrogen-bond donors (Lipinski definition) is 2. The van der Waals surface area contributed by atoms with E-state index in [0.29, 0.717) is 4.88 Å². The minimum Gasteiger partial charge on any atom is -0.394 e. The van der Waals surface area contributed by atoms with Gasteiger partial charge in [0.1, 0.15) is 4.88 Å². The second-order valence-corrected chi connectivity index (χ2v) is 4.19. The third kappa shape index (κ3) is 2.86. The molecule has 0 saturated carbocycles. The molecule has 0 aliphatic carbocycles. The highest BCUT2D eigenvalue weighted by molar-refractivity contribution is 7.07. The molecule has 0 saturated heterocycles. The van der Waals surface area contributed by atoms with Crippen LogP contribution in [-0.4, -0.2) is 27.2 Å². The van der Waals surface area contributed by atoms with Crippen molar-refractivity contribution in [3.63, 3.8) is 0 Å². The average molecular weight is 249 g/mol. The van der Waals surface area contributed by atoms with Crippen LogP contribution in [0.3, 0.4) is 0 Å². The molecule has 1 heterocycles. The summed E-state index contributed by atoms with van der Waals surface area (Å²) in [5, 5.41) is 15.6. The molecule has 2 aromatic rings. The fraction of sp³-hybridized carbons (Fsp3) is 0.182. The Hall–Kier alpha value is -1.79. The van der Waals surface area contributed by atoms with Crippen molar-refractivity contribution in [2.24, 2.45) is 0 Å². The molecular weight excluding hydrogens is 238 g/mol. The molecule has 6 heteroatoms. The van der Waals surface area contributed by atoms with Crippen LogP contribution in [0.1, 0.15) is 21.3 Å². The van der Waals surface area contributed by atoms with Gasteiger partial charge in [0.05, 0.1) is 18.8 Å². The Kier molecular flexibility index (Phi) is 3.79. The van der Waals surface area contributed by atoms with Gasteiger partial charge in [-0.15, -0.1) is 5.10 Å². The van der Waals surface area contributed by atoms with E-state index in [1.54, 1.807) is 0 Å². The predicted octanol–water partition coefficient (Wildman–Crippen LogP) is 1.00. The molecule has 0 fully saturated rings. The van der Waals surface area contributed by atoms with Crippen LogP contribution in [0.5, 0.6) is 0 Å². The standard InChI is InChI=1S/C11H11N3O2S/c15-7-9(8-4-2-1-3-5-8)13-11(16)10-6-12-14-17-10/h1-6,9,15H,7H2,(H,13,16)/t9-/m0/s1. The molecule has 2 rings (SSSR count). The van der Waals surface area contributed by atoms with E-state index < -0.39 is 6.04 Å². The molecule has 1 aromatic carbocycles. The predicted molar refractivity (Wildman–Crippen MR) is 63.6 cm³/mol. The second kappa shape index (κ2) is 5.51. The van der Waals surface area contributed by atoms with Crippen LogP contribution in [-0.2, 0) is 0 Å². The van der Waals surface area contributed by atoms with E-state index in [9.17, 15) is 9.90 Å². The first-order chi connectivity index (χ1) is 8.31. The van der Waals surface area contributed by atoms with Gasteiger partial charge in [-0.3, -0.25) is 4.79 Å². The highest BCUT2D eigenvalue weighted by Gasteiger charge is 2.15. The quantitative estimate of drug-likeness (QED) is 0.847. The Bertz CT molecular complexity index is 473. The van der Waals surface area contributed by atoms with Gasteiger partial charge in [-0.25, -0.2) is 0 Å². The number of aliphatic hydroxyl groups excluding tert-OH is 1. The smallest absolute Gasteiger partial charge is 0.265 e. The van der Waals surface area contributed by atoms with E-state index in [2.05, 4.69) is 14.9 Å². The Morgan fingerprint density at radius 3 is 2.76 bits per heavy atom. The lowest BCUT2D eigenvalue weighted by molar-refractivity contribution is 0.0920. The summed E-state index contributed by atoms with van der Waals surface area (Å²) in [6, 6.07) is 8.90. The van der Waals surface area contributed by atoms with Crippen molar-refractivity contribution in [1.82, 2.24) is 14.9 Å². The van der Waals surface area contributed by atoms with Gasteiger partial charge >= 0.3 is 0 Å². The van der Waals surface area contributed by atoms with Crippen molar-refractivity contribution in [2.45, 2.75) is 6.04 Å². The van der Waals surface area contributed by atoms with E-state index in [-0.39, 0.29) is 12.5 Å². The lowest BCUT2D eigenvalue weighted by Crippen LogP contribution is -2.30. The van der Waals surface area contributed by atoms with Gasteiger partial charge in [-0.05, 0) is 17.1 Å². The zero-order valence-electron chi connectivity index (χ0n) is 8.91. The number of carbonyl (C=O) groups excluding carboxylic acids is 1. The number of benzene rings is 1. The minimum atomic E-state index is -0.411. The lowest BCUT2D eigenvalue weighted by atomic mass is 10.1. The maximum absolute atomic E-state index is 11.8. The normalized spacial score (nSPS) is 12.1. The monoisotopic (exact) mass is 249 g/mol. The van der Waals surface area contributed by atoms with Crippen molar-refractivity contribution in [2.75, 3.05) is 6.61 Å². The highest BCUT2D eigenvalue weighted by Crippen LogP contribution is 2.13. The molecule has 0 aliphatic rings. The number of rotatable bonds is 4. The molecule has 88 valence electrons. The van der Waals surface area contributed by atoms with Crippen molar-refractivity contribution in [3.05, 3.63) is 47.0 Å². The average Bonchev–Trinajstić information content (AvgIpc) is 2.90. The van der Waals surface area contributed by atoms with E-state index in [1.165, 1.54) is 6.20 Å². The fourth-order valence-corrected chi connectivity index (χ4v) is 1.83. The molecule has 1 atom stereocenters. The van der Waals surface area contributed by atoms with Crippen molar-refractivity contribution < 1.29 is 9.90 Å². The summed E-state index contributed by atoms with van der Waals surface area (Å²) >= 11 is 1.02. The lowest BCUT2D eigenvalue weighted by Gasteiger charge is -2.15. The van der Waals surface area contributed by atoms with E-state index in [1.807, 2.05) is 30.3 Å². The third-order valence-corrected chi connectivity index (χ3v) is 2.94. The summed E-state index contributed by atoms with van der Waals surface area (Å²) in [6.45, 7) is -0.151. The summed E-state index contributed by atoms with van der Waals surface area (Å²) in [6.07, 6.45) is 1.40. The zero-order valence-corrected chi connectivity index (χ0v) is 9.72. The number of aliphatic hydroxyl groups is 1.